The molecule has 1 aliphatic carbocycles. The molecule has 0 fully saturated rings. The summed E-state index contributed by atoms with van der Waals surface area (Å²) in [5.41, 5.74) is 5.58. The van der Waals surface area contributed by atoms with Gasteiger partial charge in [-0.25, -0.2) is 4.79 Å². The van der Waals surface area contributed by atoms with Gasteiger partial charge in [0, 0.05) is 5.56 Å². The SMILES string of the molecule is CCC(C)(C)C(=O)O/N=C\c1cccc2c1Cc1ccccc1-2. The van der Waals surface area contributed by atoms with Crippen molar-refractivity contribution in [2.75, 3.05) is 0 Å². The Bertz CT molecular complexity index is 775. The third kappa shape index (κ3) is 2.91. The van der Waals surface area contributed by atoms with Crippen molar-refractivity contribution < 1.29 is 9.63 Å². The number of nitrogens with zero attached hydrogens (tertiary/aromatic N) is 1. The van der Waals surface area contributed by atoms with Crippen LogP contribution in [0.25, 0.3) is 11.1 Å². The van der Waals surface area contributed by atoms with Crippen molar-refractivity contribution in [3.05, 3.63) is 59.2 Å². The summed E-state index contributed by atoms with van der Waals surface area (Å²) in [7, 11) is 0. The number of carbonyl (C=O) groups is 1. The van der Waals surface area contributed by atoms with Crippen molar-refractivity contribution in [2.45, 2.75) is 33.6 Å². The number of hydrogen-bond acceptors (Lipinski definition) is 3. The second-order valence-electron chi connectivity index (χ2n) is 6.56. The van der Waals surface area contributed by atoms with Gasteiger partial charge in [0.25, 0.3) is 0 Å². The van der Waals surface area contributed by atoms with Crippen LogP contribution < -0.4 is 0 Å². The van der Waals surface area contributed by atoms with Gasteiger partial charge in [0.15, 0.2) is 0 Å². The fraction of sp³-hybridized carbons (Fsp3) is 0.300. The molecule has 0 aromatic heterocycles. The normalized spacial score (nSPS) is 13.0. The topological polar surface area (TPSA) is 38.7 Å². The van der Waals surface area contributed by atoms with Crippen LogP contribution in [-0.4, -0.2) is 12.2 Å². The molecule has 3 nitrogen and oxygen atoms in total. The molecule has 0 saturated heterocycles. The molecular weight excluding hydrogens is 286 g/mol. The predicted molar refractivity (Wildman–Crippen MR) is 92.4 cm³/mol. The Labute approximate surface area is 137 Å². The fourth-order valence-electron chi connectivity index (χ4n) is 2.70. The van der Waals surface area contributed by atoms with E-state index in [1.54, 1.807) is 6.21 Å². The molecule has 2 aromatic carbocycles. The van der Waals surface area contributed by atoms with E-state index in [9.17, 15) is 4.79 Å². The Morgan fingerprint density at radius 2 is 1.91 bits per heavy atom. The van der Waals surface area contributed by atoms with Crippen molar-refractivity contribution in [2.24, 2.45) is 10.6 Å². The Morgan fingerprint density at radius 1 is 1.17 bits per heavy atom. The lowest BCUT2D eigenvalue weighted by atomic mass is 9.91. The van der Waals surface area contributed by atoms with Crippen LogP contribution in [0.2, 0.25) is 0 Å². The second kappa shape index (κ2) is 5.99. The maximum absolute atomic E-state index is 12.0. The van der Waals surface area contributed by atoms with Gasteiger partial charge in [-0.05, 0) is 48.9 Å². The van der Waals surface area contributed by atoms with E-state index in [-0.39, 0.29) is 5.97 Å². The highest BCUT2D eigenvalue weighted by Crippen LogP contribution is 2.37. The number of benzene rings is 2. The highest BCUT2D eigenvalue weighted by molar-refractivity contribution is 5.89. The van der Waals surface area contributed by atoms with E-state index in [1.807, 2.05) is 32.9 Å². The fourth-order valence-corrected chi connectivity index (χ4v) is 2.70. The monoisotopic (exact) mass is 307 g/mol. The highest BCUT2D eigenvalue weighted by Gasteiger charge is 2.27. The van der Waals surface area contributed by atoms with E-state index >= 15 is 0 Å². The third-order valence-electron chi connectivity index (χ3n) is 4.65. The molecule has 0 bridgehead atoms. The van der Waals surface area contributed by atoms with Crippen LogP contribution in [0.15, 0.2) is 47.6 Å². The molecule has 0 spiro atoms. The van der Waals surface area contributed by atoms with Crippen LogP contribution in [0.4, 0.5) is 0 Å². The van der Waals surface area contributed by atoms with Gasteiger partial charge in [0.2, 0.25) is 0 Å². The summed E-state index contributed by atoms with van der Waals surface area (Å²) in [6.45, 7) is 5.69. The Balaban J connectivity index is 1.82. The number of rotatable bonds is 4. The van der Waals surface area contributed by atoms with Crippen LogP contribution in [0.3, 0.4) is 0 Å². The molecule has 3 rings (SSSR count). The minimum Gasteiger partial charge on any atom is -0.318 e. The van der Waals surface area contributed by atoms with Gasteiger partial charge in [-0.1, -0.05) is 54.5 Å². The first-order valence-electron chi connectivity index (χ1n) is 7.98. The van der Waals surface area contributed by atoms with Gasteiger partial charge in [-0.2, -0.15) is 0 Å². The van der Waals surface area contributed by atoms with Gasteiger partial charge in [-0.3, -0.25) is 0 Å². The zero-order chi connectivity index (χ0) is 16.4. The Kier molecular flexibility index (Phi) is 4.03. The number of carbonyl (C=O) groups excluding carboxylic acids is 1. The summed E-state index contributed by atoms with van der Waals surface area (Å²) in [5, 5.41) is 3.92. The zero-order valence-corrected chi connectivity index (χ0v) is 13.8. The molecule has 0 saturated carbocycles. The second-order valence-corrected chi connectivity index (χ2v) is 6.56. The van der Waals surface area contributed by atoms with Gasteiger partial charge in [0.05, 0.1) is 11.6 Å². The van der Waals surface area contributed by atoms with Gasteiger partial charge in [0.1, 0.15) is 0 Å². The summed E-state index contributed by atoms with van der Waals surface area (Å²) in [5.74, 6) is -0.299. The Hall–Kier alpha value is -2.42. The maximum Gasteiger partial charge on any atom is 0.340 e. The van der Waals surface area contributed by atoms with E-state index < -0.39 is 5.41 Å². The summed E-state index contributed by atoms with van der Waals surface area (Å²) in [6, 6.07) is 14.6. The summed E-state index contributed by atoms with van der Waals surface area (Å²) in [6.07, 6.45) is 3.26. The van der Waals surface area contributed by atoms with Crippen molar-refractivity contribution in [1.29, 1.82) is 0 Å². The van der Waals surface area contributed by atoms with E-state index in [0.29, 0.717) is 0 Å². The third-order valence-corrected chi connectivity index (χ3v) is 4.65. The molecule has 3 heteroatoms. The van der Waals surface area contributed by atoms with Crippen LogP contribution in [-0.2, 0) is 16.1 Å². The molecule has 0 unspecified atom stereocenters. The molecule has 23 heavy (non-hydrogen) atoms. The average Bonchev–Trinajstić information content (AvgIpc) is 2.94. The van der Waals surface area contributed by atoms with Gasteiger partial charge >= 0.3 is 5.97 Å². The van der Waals surface area contributed by atoms with Crippen molar-refractivity contribution in [1.82, 2.24) is 0 Å². The zero-order valence-electron chi connectivity index (χ0n) is 13.8. The van der Waals surface area contributed by atoms with E-state index in [4.69, 9.17) is 4.84 Å². The summed E-state index contributed by atoms with van der Waals surface area (Å²) < 4.78 is 0. The standard InChI is InChI=1S/C20H21NO2/c1-4-20(2,3)19(22)23-21-13-15-9-7-11-17-16-10-6-5-8-14(16)12-18(15)17/h5-11,13H,4,12H2,1-3H3/b21-13-. The molecule has 0 heterocycles. The molecule has 0 amide bonds. The van der Waals surface area contributed by atoms with E-state index in [2.05, 4.69) is 35.5 Å². The quantitative estimate of drug-likeness (QED) is 0.402. The van der Waals surface area contributed by atoms with Crippen LogP contribution in [0.5, 0.6) is 0 Å². The minimum absolute atomic E-state index is 0.299. The maximum atomic E-state index is 12.0. The molecule has 0 N–H and O–H groups in total. The van der Waals surface area contributed by atoms with Gasteiger partial charge in [-0.15, -0.1) is 0 Å². The lowest BCUT2D eigenvalue weighted by Gasteiger charge is -2.17. The van der Waals surface area contributed by atoms with E-state index in [1.165, 1.54) is 22.3 Å². The first-order valence-corrected chi connectivity index (χ1v) is 7.98. The number of oxime groups is 1. The van der Waals surface area contributed by atoms with Crippen molar-refractivity contribution >= 4 is 12.2 Å². The van der Waals surface area contributed by atoms with E-state index in [0.717, 1.165) is 18.4 Å². The molecule has 0 aliphatic heterocycles. The summed E-state index contributed by atoms with van der Waals surface area (Å²) >= 11 is 0. The first-order chi connectivity index (χ1) is 11.0. The van der Waals surface area contributed by atoms with Gasteiger partial charge < -0.3 is 4.84 Å². The minimum atomic E-state index is -0.508. The van der Waals surface area contributed by atoms with Crippen LogP contribution >= 0.6 is 0 Å². The molecule has 0 atom stereocenters. The van der Waals surface area contributed by atoms with Crippen LogP contribution in [0.1, 0.15) is 43.9 Å². The first kappa shape index (κ1) is 15.5. The predicted octanol–water partition coefficient (Wildman–Crippen LogP) is 4.57. The largest absolute Gasteiger partial charge is 0.340 e. The molecule has 2 aromatic rings. The highest BCUT2D eigenvalue weighted by atomic mass is 16.7. The Morgan fingerprint density at radius 3 is 2.70 bits per heavy atom. The van der Waals surface area contributed by atoms with Crippen molar-refractivity contribution in [3.63, 3.8) is 0 Å². The number of hydrogen-bond donors (Lipinski definition) is 0. The lowest BCUT2D eigenvalue weighted by Crippen LogP contribution is -2.24. The average molecular weight is 307 g/mol. The lowest BCUT2D eigenvalue weighted by molar-refractivity contribution is -0.154. The molecule has 0 radical (unpaired) electrons. The number of fused-ring (bicyclic) bond motifs is 3. The smallest absolute Gasteiger partial charge is 0.318 e. The molecule has 1 aliphatic rings. The van der Waals surface area contributed by atoms with Crippen molar-refractivity contribution in [3.8, 4) is 11.1 Å². The summed E-state index contributed by atoms with van der Waals surface area (Å²) in [4.78, 5) is 17.0. The van der Waals surface area contributed by atoms with Crippen LogP contribution in [0, 0.1) is 5.41 Å². The molecule has 118 valence electrons. The molecular formula is C20H21NO2.